The minimum atomic E-state index is -1.39. The second-order valence-corrected chi connectivity index (χ2v) is 7.16. The normalized spacial score (nSPS) is 10.2. The van der Waals surface area contributed by atoms with Gasteiger partial charge in [-0.3, -0.25) is 9.48 Å². The summed E-state index contributed by atoms with van der Waals surface area (Å²) < 4.78 is 7.89. The zero-order valence-electron chi connectivity index (χ0n) is 15.0. The monoisotopic (exact) mass is 457 g/mol. The van der Waals surface area contributed by atoms with E-state index in [4.69, 9.17) is 4.74 Å². The van der Waals surface area contributed by atoms with Crippen molar-refractivity contribution in [1.29, 1.82) is 0 Å². The van der Waals surface area contributed by atoms with E-state index in [-0.39, 0.29) is 31.9 Å². The van der Waals surface area contributed by atoms with Crippen LogP contribution in [0.1, 0.15) is 29.0 Å². The summed E-state index contributed by atoms with van der Waals surface area (Å²) in [4.78, 5) is 23.6. The lowest BCUT2D eigenvalue weighted by Crippen LogP contribution is -2.25. The second kappa shape index (κ2) is 10.6. The number of aryl methyl sites for hydroxylation is 2. The van der Waals surface area contributed by atoms with Crippen molar-refractivity contribution in [2.45, 2.75) is 26.8 Å². The van der Waals surface area contributed by atoms with Gasteiger partial charge in [0.05, 0.1) is 5.97 Å². The number of ketones is 1. The van der Waals surface area contributed by atoms with Gasteiger partial charge >= 0.3 is 0 Å². The van der Waals surface area contributed by atoms with Crippen molar-refractivity contribution in [1.82, 2.24) is 9.78 Å². The predicted octanol–water partition coefficient (Wildman–Crippen LogP) is 3.08. The van der Waals surface area contributed by atoms with Crippen LogP contribution in [0.5, 0.6) is 5.75 Å². The van der Waals surface area contributed by atoms with Crippen molar-refractivity contribution < 1.29 is 19.4 Å². The lowest BCUT2D eigenvalue weighted by atomic mass is 10.1. The number of carbonyl (C=O) groups excluding carboxylic acids is 2. The molecule has 0 saturated carbocycles. The minimum Gasteiger partial charge on any atom is -0.543 e. The van der Waals surface area contributed by atoms with Gasteiger partial charge in [-0.15, -0.1) is 0 Å². The maximum absolute atomic E-state index is 12.2. The smallest absolute Gasteiger partial charge is 0.174 e. The quantitative estimate of drug-likeness (QED) is 0.492. The van der Waals surface area contributed by atoms with Gasteiger partial charge in [-0.1, -0.05) is 53.7 Å². The Balaban J connectivity index is 0.00000300. The summed E-state index contributed by atoms with van der Waals surface area (Å²) >= 11 is 3.33. The second-order valence-electron chi connectivity index (χ2n) is 6.25. The molecule has 0 amide bonds. The van der Waals surface area contributed by atoms with Gasteiger partial charge in [-0.2, -0.15) is 5.10 Å². The highest BCUT2D eigenvalue weighted by Gasteiger charge is 2.14. The number of carbonyl (C=O) groups is 2. The SMILES string of the molecule is C.O=C(COc1ccc(Br)cc1)Cc1cn(CCc2ccccc2)nc1C(=O)[O-]. The third kappa shape index (κ3) is 6.57. The summed E-state index contributed by atoms with van der Waals surface area (Å²) in [6.07, 6.45) is 2.21. The zero-order valence-corrected chi connectivity index (χ0v) is 16.6. The van der Waals surface area contributed by atoms with Crippen molar-refractivity contribution in [3.8, 4) is 5.75 Å². The molecule has 0 unspecified atom stereocenters. The van der Waals surface area contributed by atoms with Gasteiger partial charge in [0.15, 0.2) is 5.78 Å². The maximum Gasteiger partial charge on any atom is 0.174 e. The Hall–Kier alpha value is -2.93. The number of ether oxygens (including phenoxy) is 1. The number of hydrogen-bond donors (Lipinski definition) is 0. The number of aromatic nitrogens is 2. The molecule has 0 aliphatic heterocycles. The van der Waals surface area contributed by atoms with E-state index in [9.17, 15) is 14.7 Å². The Morgan fingerprint density at radius 3 is 2.41 bits per heavy atom. The van der Waals surface area contributed by atoms with Crippen LogP contribution in [-0.2, 0) is 24.2 Å². The molecule has 0 saturated heterocycles. The highest BCUT2D eigenvalue weighted by atomic mass is 79.9. The summed E-state index contributed by atoms with van der Waals surface area (Å²) in [7, 11) is 0. The number of carboxylic acid groups (broad SMARTS) is 1. The van der Waals surface area contributed by atoms with Gasteiger partial charge in [-0.25, -0.2) is 0 Å². The van der Waals surface area contributed by atoms with E-state index in [1.165, 1.54) is 4.68 Å². The predicted molar refractivity (Wildman–Crippen MR) is 112 cm³/mol. The van der Waals surface area contributed by atoms with Crippen LogP contribution in [0, 0.1) is 0 Å². The van der Waals surface area contributed by atoms with E-state index in [2.05, 4.69) is 21.0 Å². The van der Waals surface area contributed by atoms with Gasteiger partial charge < -0.3 is 14.6 Å². The van der Waals surface area contributed by atoms with Crippen molar-refractivity contribution >= 4 is 27.7 Å². The Morgan fingerprint density at radius 1 is 1.07 bits per heavy atom. The molecule has 1 aromatic heterocycles. The molecule has 2 aromatic carbocycles. The number of benzene rings is 2. The van der Waals surface area contributed by atoms with Crippen molar-refractivity contribution in [2.24, 2.45) is 0 Å². The molecular weight excluding hydrogens is 436 g/mol. The number of nitrogens with zero attached hydrogens (tertiary/aromatic N) is 2. The Kier molecular flexibility index (Phi) is 8.15. The molecule has 3 aromatic rings. The van der Waals surface area contributed by atoms with E-state index in [1.807, 2.05) is 42.5 Å². The summed E-state index contributed by atoms with van der Waals surface area (Å²) in [6.45, 7) is 0.358. The zero-order chi connectivity index (χ0) is 19.9. The third-order valence-corrected chi connectivity index (χ3v) is 4.63. The van der Waals surface area contributed by atoms with E-state index < -0.39 is 5.97 Å². The number of hydrogen-bond acceptors (Lipinski definition) is 5. The van der Waals surface area contributed by atoms with Gasteiger partial charge in [-0.05, 0) is 36.2 Å². The summed E-state index contributed by atoms with van der Waals surface area (Å²) in [5.74, 6) is -1.07. The highest BCUT2D eigenvalue weighted by molar-refractivity contribution is 9.10. The molecule has 29 heavy (non-hydrogen) atoms. The molecule has 6 nitrogen and oxygen atoms in total. The minimum absolute atomic E-state index is 0. The molecule has 0 fully saturated rings. The fourth-order valence-electron chi connectivity index (χ4n) is 2.72. The molecule has 0 aliphatic rings. The van der Waals surface area contributed by atoms with Gasteiger partial charge in [0.25, 0.3) is 0 Å². The molecule has 152 valence electrons. The van der Waals surface area contributed by atoms with Crippen LogP contribution in [0.15, 0.2) is 65.3 Å². The van der Waals surface area contributed by atoms with Crippen LogP contribution in [0.25, 0.3) is 0 Å². The summed E-state index contributed by atoms with van der Waals surface area (Å²) in [5.41, 5.74) is 1.25. The molecule has 0 N–H and O–H groups in total. The molecule has 0 bridgehead atoms. The first-order chi connectivity index (χ1) is 13.5. The lowest BCUT2D eigenvalue weighted by molar-refractivity contribution is -0.255. The molecule has 1 heterocycles. The Bertz CT molecular complexity index is 953. The molecule has 0 atom stereocenters. The van der Waals surface area contributed by atoms with E-state index in [0.29, 0.717) is 24.3 Å². The van der Waals surface area contributed by atoms with Crippen LogP contribution in [-0.4, -0.2) is 28.1 Å². The van der Waals surface area contributed by atoms with E-state index in [1.54, 1.807) is 18.3 Å². The van der Waals surface area contributed by atoms with Gasteiger partial charge in [0, 0.05) is 29.2 Å². The van der Waals surface area contributed by atoms with Crippen molar-refractivity contribution in [3.63, 3.8) is 0 Å². The average molecular weight is 458 g/mol. The van der Waals surface area contributed by atoms with Crippen LogP contribution in [0.2, 0.25) is 0 Å². The first-order valence-electron chi connectivity index (χ1n) is 8.73. The van der Waals surface area contributed by atoms with Crippen LogP contribution >= 0.6 is 15.9 Å². The average Bonchev–Trinajstić information content (AvgIpc) is 3.10. The highest BCUT2D eigenvalue weighted by Crippen LogP contribution is 2.16. The number of carboxylic acids is 1. The Morgan fingerprint density at radius 2 is 1.76 bits per heavy atom. The Labute approximate surface area is 178 Å². The van der Waals surface area contributed by atoms with Crippen molar-refractivity contribution in [2.75, 3.05) is 6.61 Å². The van der Waals surface area contributed by atoms with Crippen LogP contribution < -0.4 is 9.84 Å². The number of rotatable bonds is 9. The van der Waals surface area contributed by atoms with E-state index >= 15 is 0 Å². The molecule has 3 rings (SSSR count). The molecule has 7 heteroatoms. The fraction of sp³-hybridized carbons (Fsp3) is 0.227. The topological polar surface area (TPSA) is 84.2 Å². The standard InChI is InChI=1S/C21H19BrN2O4.CH4/c22-17-6-8-19(9-7-17)28-14-18(25)12-16-13-24(23-20(16)21(26)27)11-10-15-4-2-1-3-5-15;/h1-9,13H,10-12,14H2,(H,26,27);1H4/p-1. The fourth-order valence-corrected chi connectivity index (χ4v) is 2.99. The summed E-state index contributed by atoms with van der Waals surface area (Å²) in [5, 5.41) is 15.4. The maximum atomic E-state index is 12.2. The molecule has 0 aliphatic carbocycles. The first-order valence-corrected chi connectivity index (χ1v) is 9.52. The molecular formula is C22H22BrN2O4-. The number of halogens is 1. The molecule has 0 spiro atoms. The van der Waals surface area contributed by atoms with Gasteiger partial charge in [0.1, 0.15) is 18.1 Å². The van der Waals surface area contributed by atoms with Crippen LogP contribution in [0.3, 0.4) is 0 Å². The lowest BCUT2D eigenvalue weighted by Gasteiger charge is -2.06. The largest absolute Gasteiger partial charge is 0.543 e. The summed E-state index contributed by atoms with van der Waals surface area (Å²) in [6, 6.07) is 16.9. The van der Waals surface area contributed by atoms with Gasteiger partial charge in [0.2, 0.25) is 0 Å². The number of Topliss-reactive ketones (excluding diaryl/α,β-unsaturated/α-hetero) is 1. The van der Waals surface area contributed by atoms with E-state index in [0.717, 1.165) is 10.0 Å². The molecule has 0 radical (unpaired) electrons. The van der Waals surface area contributed by atoms with Crippen LogP contribution in [0.4, 0.5) is 0 Å². The number of aromatic carboxylic acids is 1. The third-order valence-electron chi connectivity index (χ3n) is 4.10. The first kappa shape index (κ1) is 22.4. The van der Waals surface area contributed by atoms with Crippen molar-refractivity contribution in [3.05, 3.63) is 82.1 Å².